The molecule has 1 atom stereocenters. The van der Waals surface area contributed by atoms with Gasteiger partial charge in [-0.1, -0.05) is 36.6 Å². The molecule has 2 heteroatoms. The van der Waals surface area contributed by atoms with Crippen molar-refractivity contribution >= 4 is 11.6 Å². The van der Waals surface area contributed by atoms with Crippen molar-refractivity contribution in [2.75, 3.05) is 0 Å². The lowest BCUT2D eigenvalue weighted by molar-refractivity contribution is 0.429. The van der Waals surface area contributed by atoms with Gasteiger partial charge in [-0.05, 0) is 49.3 Å². The number of hydrogen-bond acceptors (Lipinski definition) is 1. The molecule has 1 nitrogen and oxygen atoms in total. The monoisotopic (exact) mass is 237 g/mol. The fourth-order valence-electron chi connectivity index (χ4n) is 2.62. The third kappa shape index (κ3) is 2.78. The highest BCUT2D eigenvalue weighted by Crippen LogP contribution is 2.29. The summed E-state index contributed by atoms with van der Waals surface area (Å²) < 4.78 is 0. The summed E-state index contributed by atoms with van der Waals surface area (Å²) in [6, 6.07) is 6.54. The summed E-state index contributed by atoms with van der Waals surface area (Å²) in [5, 5.41) is 0.869. The minimum atomic E-state index is 0.280. The van der Waals surface area contributed by atoms with Gasteiger partial charge in [0.05, 0.1) is 0 Å². The molecule has 1 aliphatic carbocycles. The Morgan fingerprint density at radius 2 is 2.06 bits per heavy atom. The minimum absolute atomic E-state index is 0.280. The normalized spacial score (nSPS) is 18.9. The third-order valence-electron chi connectivity index (χ3n) is 3.67. The van der Waals surface area contributed by atoms with Crippen molar-refractivity contribution in [2.24, 2.45) is 11.7 Å². The van der Waals surface area contributed by atoms with Crippen LogP contribution >= 0.6 is 11.6 Å². The zero-order chi connectivity index (χ0) is 11.5. The molecule has 1 aliphatic rings. The van der Waals surface area contributed by atoms with Gasteiger partial charge in [0.15, 0.2) is 0 Å². The van der Waals surface area contributed by atoms with Crippen LogP contribution in [0.25, 0.3) is 0 Å². The number of benzene rings is 1. The molecular formula is C14H20ClN. The second-order valence-corrected chi connectivity index (χ2v) is 5.41. The van der Waals surface area contributed by atoms with Gasteiger partial charge in [0, 0.05) is 11.1 Å². The standard InChI is InChI=1S/C14H20ClN/c1-10-6-7-12(13(15)8-10)9-14(16)11-4-2-3-5-11/h6-8,11,14H,2-5,9,16H2,1H3. The Morgan fingerprint density at radius 1 is 1.38 bits per heavy atom. The Balaban J connectivity index is 2.02. The van der Waals surface area contributed by atoms with Crippen molar-refractivity contribution in [3.05, 3.63) is 34.3 Å². The molecule has 1 fully saturated rings. The Labute approximate surface area is 103 Å². The van der Waals surface area contributed by atoms with Crippen molar-refractivity contribution in [3.63, 3.8) is 0 Å². The third-order valence-corrected chi connectivity index (χ3v) is 4.02. The van der Waals surface area contributed by atoms with Gasteiger partial charge in [-0.2, -0.15) is 0 Å². The van der Waals surface area contributed by atoms with E-state index in [2.05, 4.69) is 19.1 Å². The highest BCUT2D eigenvalue weighted by molar-refractivity contribution is 6.31. The van der Waals surface area contributed by atoms with Gasteiger partial charge < -0.3 is 5.73 Å². The van der Waals surface area contributed by atoms with Crippen molar-refractivity contribution < 1.29 is 0 Å². The van der Waals surface area contributed by atoms with E-state index in [1.165, 1.54) is 36.8 Å². The molecule has 88 valence electrons. The predicted molar refractivity (Wildman–Crippen MR) is 69.8 cm³/mol. The molecule has 0 radical (unpaired) electrons. The Kier molecular flexibility index (Phi) is 3.88. The fraction of sp³-hybridized carbons (Fsp3) is 0.571. The first kappa shape index (κ1) is 11.9. The second-order valence-electron chi connectivity index (χ2n) is 5.01. The lowest BCUT2D eigenvalue weighted by Gasteiger charge is -2.19. The zero-order valence-corrected chi connectivity index (χ0v) is 10.6. The lowest BCUT2D eigenvalue weighted by Crippen LogP contribution is -2.30. The van der Waals surface area contributed by atoms with E-state index >= 15 is 0 Å². The molecule has 0 heterocycles. The summed E-state index contributed by atoms with van der Waals surface area (Å²) in [7, 11) is 0. The second kappa shape index (κ2) is 5.20. The summed E-state index contributed by atoms with van der Waals surface area (Å²) in [5.74, 6) is 0.706. The first-order chi connectivity index (χ1) is 7.66. The number of hydrogen-bond donors (Lipinski definition) is 1. The van der Waals surface area contributed by atoms with E-state index in [1.807, 2.05) is 6.07 Å². The van der Waals surface area contributed by atoms with E-state index in [-0.39, 0.29) is 6.04 Å². The highest BCUT2D eigenvalue weighted by atomic mass is 35.5. The van der Waals surface area contributed by atoms with Gasteiger partial charge in [0.2, 0.25) is 0 Å². The minimum Gasteiger partial charge on any atom is -0.327 e. The molecule has 0 spiro atoms. The number of rotatable bonds is 3. The summed E-state index contributed by atoms with van der Waals surface area (Å²) in [4.78, 5) is 0. The van der Waals surface area contributed by atoms with E-state index in [0.29, 0.717) is 5.92 Å². The quantitative estimate of drug-likeness (QED) is 0.852. The lowest BCUT2D eigenvalue weighted by atomic mass is 9.93. The van der Waals surface area contributed by atoms with Crippen LogP contribution in [0.3, 0.4) is 0 Å². The first-order valence-corrected chi connectivity index (χ1v) is 6.55. The van der Waals surface area contributed by atoms with Crippen molar-refractivity contribution in [3.8, 4) is 0 Å². The highest BCUT2D eigenvalue weighted by Gasteiger charge is 2.22. The largest absolute Gasteiger partial charge is 0.327 e. The molecule has 1 saturated carbocycles. The number of halogens is 1. The van der Waals surface area contributed by atoms with Crippen LogP contribution in [0.1, 0.15) is 36.8 Å². The van der Waals surface area contributed by atoms with E-state index in [9.17, 15) is 0 Å². The van der Waals surface area contributed by atoms with E-state index in [1.54, 1.807) is 0 Å². The van der Waals surface area contributed by atoms with Crippen LogP contribution in [0.5, 0.6) is 0 Å². The molecule has 0 saturated heterocycles. The van der Waals surface area contributed by atoms with Crippen molar-refractivity contribution in [1.29, 1.82) is 0 Å². The van der Waals surface area contributed by atoms with Gasteiger partial charge in [0.1, 0.15) is 0 Å². The Bertz CT molecular complexity index is 356. The van der Waals surface area contributed by atoms with E-state index < -0.39 is 0 Å². The molecular weight excluding hydrogens is 218 g/mol. The van der Waals surface area contributed by atoms with Crippen LogP contribution in [-0.2, 0) is 6.42 Å². The van der Waals surface area contributed by atoms with Crippen LogP contribution in [0.4, 0.5) is 0 Å². The number of aryl methyl sites for hydroxylation is 1. The van der Waals surface area contributed by atoms with Crippen molar-refractivity contribution in [1.82, 2.24) is 0 Å². The van der Waals surface area contributed by atoms with E-state index in [4.69, 9.17) is 17.3 Å². The number of nitrogens with two attached hydrogens (primary N) is 1. The molecule has 1 aromatic rings. The molecule has 0 aromatic heterocycles. The average molecular weight is 238 g/mol. The molecule has 0 amide bonds. The van der Waals surface area contributed by atoms with Crippen LogP contribution in [0.15, 0.2) is 18.2 Å². The summed E-state index contributed by atoms with van der Waals surface area (Å²) in [6.07, 6.45) is 6.21. The van der Waals surface area contributed by atoms with Gasteiger partial charge in [-0.15, -0.1) is 0 Å². The van der Waals surface area contributed by atoms with Crippen molar-refractivity contribution in [2.45, 2.75) is 45.1 Å². The van der Waals surface area contributed by atoms with E-state index in [0.717, 1.165) is 11.4 Å². The maximum absolute atomic E-state index is 6.26. The summed E-state index contributed by atoms with van der Waals surface area (Å²) in [5.41, 5.74) is 8.67. The molecule has 1 aromatic carbocycles. The Morgan fingerprint density at radius 3 is 2.69 bits per heavy atom. The fourth-order valence-corrected chi connectivity index (χ4v) is 2.94. The van der Waals surface area contributed by atoms with Gasteiger partial charge >= 0.3 is 0 Å². The summed E-state index contributed by atoms with van der Waals surface area (Å²) >= 11 is 6.22. The molecule has 2 N–H and O–H groups in total. The predicted octanol–water partition coefficient (Wildman–Crippen LogP) is 3.71. The molecule has 16 heavy (non-hydrogen) atoms. The van der Waals surface area contributed by atoms with Gasteiger partial charge in [-0.3, -0.25) is 0 Å². The average Bonchev–Trinajstić information content (AvgIpc) is 2.75. The summed E-state index contributed by atoms with van der Waals surface area (Å²) in [6.45, 7) is 2.06. The molecule has 1 unspecified atom stereocenters. The van der Waals surface area contributed by atoms with Crippen LogP contribution in [-0.4, -0.2) is 6.04 Å². The maximum atomic E-state index is 6.26. The SMILES string of the molecule is Cc1ccc(CC(N)C2CCCC2)c(Cl)c1. The molecule has 0 aliphatic heterocycles. The first-order valence-electron chi connectivity index (χ1n) is 6.17. The van der Waals surface area contributed by atoms with Gasteiger partial charge in [-0.25, -0.2) is 0 Å². The Hall–Kier alpha value is -0.530. The van der Waals surface area contributed by atoms with Crippen LogP contribution in [0, 0.1) is 12.8 Å². The molecule has 0 bridgehead atoms. The van der Waals surface area contributed by atoms with Crippen LogP contribution < -0.4 is 5.73 Å². The molecule has 2 rings (SSSR count). The smallest absolute Gasteiger partial charge is 0.0441 e. The zero-order valence-electron chi connectivity index (χ0n) is 9.88. The topological polar surface area (TPSA) is 26.0 Å². The van der Waals surface area contributed by atoms with Crippen LogP contribution in [0.2, 0.25) is 5.02 Å². The van der Waals surface area contributed by atoms with Gasteiger partial charge in [0.25, 0.3) is 0 Å². The maximum Gasteiger partial charge on any atom is 0.0441 e.